The normalized spacial score (nSPS) is 10.1. The summed E-state index contributed by atoms with van der Waals surface area (Å²) < 4.78 is 16.9. The van der Waals surface area contributed by atoms with Gasteiger partial charge >= 0.3 is 0 Å². The van der Waals surface area contributed by atoms with Crippen LogP contribution < -0.4 is 5.32 Å². The molecule has 16 heavy (non-hydrogen) atoms. The van der Waals surface area contributed by atoms with Crippen molar-refractivity contribution >= 4 is 45.2 Å². The van der Waals surface area contributed by atoms with E-state index in [0.29, 0.717) is 14.3 Å². The van der Waals surface area contributed by atoms with Crippen LogP contribution in [-0.4, -0.2) is 20.7 Å². The Morgan fingerprint density at radius 2 is 2.31 bits per heavy atom. The van der Waals surface area contributed by atoms with E-state index in [1.807, 2.05) is 22.6 Å². The van der Waals surface area contributed by atoms with Crippen molar-refractivity contribution < 1.29 is 9.18 Å². The first-order chi connectivity index (χ1) is 7.66. The second-order valence-corrected chi connectivity index (χ2v) is 4.64. The minimum absolute atomic E-state index is 0.310. The summed E-state index contributed by atoms with van der Waals surface area (Å²) in [5.41, 5.74) is 0.386. The molecule has 0 fully saturated rings. The van der Waals surface area contributed by atoms with Gasteiger partial charge in [0.1, 0.15) is 5.82 Å². The van der Waals surface area contributed by atoms with Gasteiger partial charge < -0.3 is 0 Å². The first kappa shape index (κ1) is 11.3. The Kier molecular flexibility index (Phi) is 3.39. The molecule has 1 aromatic carbocycles. The van der Waals surface area contributed by atoms with E-state index in [2.05, 4.69) is 20.1 Å². The number of hydrogen-bond acceptors (Lipinski definition) is 5. The first-order valence-electron chi connectivity index (χ1n) is 4.08. The van der Waals surface area contributed by atoms with E-state index in [1.165, 1.54) is 18.2 Å². The molecule has 0 atom stereocenters. The largest absolute Gasteiger partial charge is 0.295 e. The Balaban J connectivity index is 2.21. The Morgan fingerprint density at radius 1 is 1.50 bits per heavy atom. The monoisotopic (exact) mass is 350 g/mol. The highest BCUT2D eigenvalue weighted by Gasteiger charge is 2.12. The molecule has 1 amide bonds. The summed E-state index contributed by atoms with van der Waals surface area (Å²) in [7, 11) is 0. The molecular weight excluding hydrogens is 346 g/mol. The summed E-state index contributed by atoms with van der Waals surface area (Å²) in [4.78, 5) is 11.7. The van der Waals surface area contributed by atoms with E-state index in [-0.39, 0.29) is 11.7 Å². The van der Waals surface area contributed by atoms with E-state index < -0.39 is 0 Å². The fraction of sp³-hybridized carbons (Fsp3) is 0. The minimum Gasteiger partial charge on any atom is -0.295 e. The second kappa shape index (κ2) is 4.78. The Morgan fingerprint density at radius 3 is 2.94 bits per heavy atom. The molecule has 0 aliphatic carbocycles. The van der Waals surface area contributed by atoms with Crippen LogP contribution in [0.1, 0.15) is 10.4 Å². The van der Waals surface area contributed by atoms with Crippen LogP contribution in [0.15, 0.2) is 18.2 Å². The van der Waals surface area contributed by atoms with Gasteiger partial charge in [-0.2, -0.15) is 0 Å². The third kappa shape index (κ3) is 2.50. The standard InChI is InChI=1S/C8H4FIN4OS/c9-4-1-2-5(6(10)3-4)7(15)11-8-12-13-14-16-8/h1-3H,(H,11,12,14,15). The van der Waals surface area contributed by atoms with Crippen molar-refractivity contribution in [3.8, 4) is 0 Å². The summed E-state index contributed by atoms with van der Waals surface area (Å²) in [6.07, 6.45) is 0. The fourth-order valence-electron chi connectivity index (χ4n) is 1.02. The maximum atomic E-state index is 12.8. The molecule has 0 radical (unpaired) electrons. The lowest BCUT2D eigenvalue weighted by atomic mass is 10.2. The highest BCUT2D eigenvalue weighted by molar-refractivity contribution is 14.1. The number of carbonyl (C=O) groups excluding carboxylic acids is 1. The van der Waals surface area contributed by atoms with E-state index in [4.69, 9.17) is 0 Å². The molecule has 1 aromatic heterocycles. The molecule has 1 N–H and O–H groups in total. The maximum absolute atomic E-state index is 12.8. The molecule has 2 aromatic rings. The zero-order valence-electron chi connectivity index (χ0n) is 7.65. The van der Waals surface area contributed by atoms with Crippen LogP contribution in [-0.2, 0) is 0 Å². The molecule has 0 unspecified atom stereocenters. The summed E-state index contributed by atoms with van der Waals surface area (Å²) in [6.45, 7) is 0. The predicted molar refractivity (Wildman–Crippen MR) is 64.8 cm³/mol. The van der Waals surface area contributed by atoms with E-state index >= 15 is 0 Å². The molecule has 82 valence electrons. The average molecular weight is 350 g/mol. The van der Waals surface area contributed by atoms with Gasteiger partial charge in [-0.3, -0.25) is 10.1 Å². The quantitative estimate of drug-likeness (QED) is 0.841. The molecule has 0 aliphatic heterocycles. The van der Waals surface area contributed by atoms with Gasteiger partial charge in [-0.25, -0.2) is 4.39 Å². The van der Waals surface area contributed by atoms with Crippen molar-refractivity contribution in [1.82, 2.24) is 14.8 Å². The molecule has 0 saturated heterocycles. The lowest BCUT2D eigenvalue weighted by Crippen LogP contribution is -2.13. The molecule has 0 spiro atoms. The molecule has 0 aliphatic rings. The van der Waals surface area contributed by atoms with Crippen LogP contribution in [0.3, 0.4) is 0 Å². The number of aromatic nitrogens is 3. The Hall–Kier alpha value is -1.16. The van der Waals surface area contributed by atoms with Gasteiger partial charge in [-0.05, 0) is 46.0 Å². The number of nitrogens with one attached hydrogen (secondary N) is 1. The Labute approximate surface area is 107 Å². The van der Waals surface area contributed by atoms with Gasteiger partial charge in [-0.15, -0.1) is 0 Å². The summed E-state index contributed by atoms with van der Waals surface area (Å²) in [5, 5.41) is 9.75. The summed E-state index contributed by atoms with van der Waals surface area (Å²) >= 11 is 2.87. The van der Waals surface area contributed by atoms with Crippen LogP contribution in [0.4, 0.5) is 9.52 Å². The van der Waals surface area contributed by atoms with Gasteiger partial charge in [0.2, 0.25) is 5.13 Å². The number of carbonyl (C=O) groups is 1. The average Bonchev–Trinajstić information content (AvgIpc) is 2.70. The van der Waals surface area contributed by atoms with Gasteiger partial charge in [-0.1, -0.05) is 9.59 Å². The van der Waals surface area contributed by atoms with Crippen LogP contribution in [0.25, 0.3) is 0 Å². The lowest BCUT2D eigenvalue weighted by molar-refractivity contribution is 0.102. The summed E-state index contributed by atoms with van der Waals surface area (Å²) in [5.74, 6) is -0.735. The highest BCUT2D eigenvalue weighted by Crippen LogP contribution is 2.16. The second-order valence-electron chi connectivity index (χ2n) is 2.75. The minimum atomic E-state index is -0.376. The van der Waals surface area contributed by atoms with E-state index in [0.717, 1.165) is 11.5 Å². The van der Waals surface area contributed by atoms with Gasteiger partial charge in [0.15, 0.2) is 0 Å². The maximum Gasteiger partial charge on any atom is 0.258 e. The number of benzene rings is 1. The first-order valence-corrected chi connectivity index (χ1v) is 5.93. The van der Waals surface area contributed by atoms with Crippen molar-refractivity contribution in [2.24, 2.45) is 0 Å². The van der Waals surface area contributed by atoms with Crippen molar-refractivity contribution in [3.63, 3.8) is 0 Å². The smallest absolute Gasteiger partial charge is 0.258 e. The number of hydrogen-bond donors (Lipinski definition) is 1. The molecule has 0 bridgehead atoms. The van der Waals surface area contributed by atoms with E-state index in [9.17, 15) is 9.18 Å². The molecule has 5 nitrogen and oxygen atoms in total. The van der Waals surface area contributed by atoms with Crippen molar-refractivity contribution in [3.05, 3.63) is 33.1 Å². The number of nitrogens with zero attached hydrogens (tertiary/aromatic N) is 3. The summed E-state index contributed by atoms with van der Waals surface area (Å²) in [6, 6.07) is 3.93. The number of rotatable bonds is 2. The highest BCUT2D eigenvalue weighted by atomic mass is 127. The van der Waals surface area contributed by atoms with Gasteiger partial charge in [0, 0.05) is 15.1 Å². The van der Waals surface area contributed by atoms with Gasteiger partial charge in [0.05, 0.1) is 5.56 Å². The third-order valence-corrected chi connectivity index (χ3v) is 3.10. The van der Waals surface area contributed by atoms with Crippen molar-refractivity contribution in [2.75, 3.05) is 5.32 Å². The number of amides is 1. The van der Waals surface area contributed by atoms with Crippen molar-refractivity contribution in [2.45, 2.75) is 0 Å². The van der Waals surface area contributed by atoms with Crippen molar-refractivity contribution in [1.29, 1.82) is 0 Å². The Bertz CT molecular complexity index is 519. The zero-order valence-corrected chi connectivity index (χ0v) is 10.6. The van der Waals surface area contributed by atoms with Crippen LogP contribution in [0.5, 0.6) is 0 Å². The third-order valence-electron chi connectivity index (χ3n) is 1.70. The number of anilines is 1. The molecule has 0 saturated carbocycles. The predicted octanol–water partition coefficient (Wildman–Crippen LogP) is 1.93. The van der Waals surface area contributed by atoms with Crippen LogP contribution in [0.2, 0.25) is 0 Å². The lowest BCUT2D eigenvalue weighted by Gasteiger charge is -2.03. The van der Waals surface area contributed by atoms with E-state index in [1.54, 1.807) is 0 Å². The fourth-order valence-corrected chi connectivity index (χ4v) is 2.10. The topological polar surface area (TPSA) is 67.8 Å². The zero-order chi connectivity index (χ0) is 11.5. The molecule has 2 rings (SSSR count). The van der Waals surface area contributed by atoms with Gasteiger partial charge in [0.25, 0.3) is 5.91 Å². The van der Waals surface area contributed by atoms with Crippen LogP contribution >= 0.6 is 34.1 Å². The van der Waals surface area contributed by atoms with Crippen LogP contribution in [0, 0.1) is 9.39 Å². The number of halogens is 2. The molecular formula is C8H4FIN4OS. The SMILES string of the molecule is O=C(Nc1nnns1)c1ccc(F)cc1I. The molecule has 1 heterocycles. The molecule has 8 heteroatoms.